The third-order valence-electron chi connectivity index (χ3n) is 6.54. The van der Waals surface area contributed by atoms with Gasteiger partial charge in [-0.1, -0.05) is 46.7 Å². The van der Waals surface area contributed by atoms with Gasteiger partial charge in [0.25, 0.3) is 0 Å². The Morgan fingerprint density at radius 1 is 0.960 bits per heavy atom. The molecule has 0 saturated heterocycles. The molecule has 1 rings (SSSR count). The highest BCUT2D eigenvalue weighted by Crippen LogP contribution is 2.43. The van der Waals surface area contributed by atoms with Crippen LogP contribution in [0.25, 0.3) is 10.4 Å². The van der Waals surface area contributed by atoms with Gasteiger partial charge in [-0.25, -0.2) is 0 Å². The molecule has 0 aliphatic heterocycles. The van der Waals surface area contributed by atoms with Gasteiger partial charge in [-0.15, -0.1) is 0 Å². The molecular weight excluding hydrogens is 346 g/mol. The average Bonchev–Trinajstić information content (AvgIpc) is 2.75. The van der Waals surface area contributed by atoms with Crippen molar-refractivity contribution in [3.8, 4) is 0 Å². The molecule has 1 aliphatic rings. The number of rotatable bonds is 6. The molecule has 0 unspecified atom stereocenters. The van der Waals surface area contributed by atoms with Gasteiger partial charge in [0.15, 0.2) is 16.6 Å². The Morgan fingerprint density at radius 2 is 1.48 bits per heavy atom. The molecule has 0 aromatic rings. The van der Waals surface area contributed by atoms with Crippen molar-refractivity contribution in [3.05, 3.63) is 10.4 Å². The smallest absolute Gasteiger partial charge is 0.192 e. The van der Waals surface area contributed by atoms with Crippen LogP contribution in [0.3, 0.4) is 0 Å². The lowest BCUT2D eigenvalue weighted by atomic mass is 10.1. The van der Waals surface area contributed by atoms with Gasteiger partial charge in [0.2, 0.25) is 0 Å². The van der Waals surface area contributed by atoms with Crippen LogP contribution in [-0.4, -0.2) is 35.4 Å². The maximum atomic E-state index is 8.83. The first-order chi connectivity index (χ1) is 11.1. The second kappa shape index (κ2) is 7.73. The van der Waals surface area contributed by atoms with Crippen LogP contribution in [0.15, 0.2) is 5.11 Å². The molecule has 146 valence electrons. The minimum atomic E-state index is -1.85. The molecule has 0 aromatic carbocycles. The van der Waals surface area contributed by atoms with E-state index in [0.29, 0.717) is 12.5 Å². The Morgan fingerprint density at radius 3 is 1.92 bits per heavy atom. The van der Waals surface area contributed by atoms with Crippen LogP contribution >= 0.6 is 0 Å². The maximum Gasteiger partial charge on any atom is 0.192 e. The first kappa shape index (κ1) is 22.7. The lowest BCUT2D eigenvalue weighted by Gasteiger charge is -2.41. The van der Waals surface area contributed by atoms with Gasteiger partial charge >= 0.3 is 0 Å². The molecule has 0 bridgehead atoms. The summed E-state index contributed by atoms with van der Waals surface area (Å²) in [6, 6.07) is 0.0350. The van der Waals surface area contributed by atoms with Gasteiger partial charge in [-0.2, -0.15) is 0 Å². The third-order valence-corrected chi connectivity index (χ3v) is 15.5. The molecule has 0 heterocycles. The average molecular weight is 386 g/mol. The van der Waals surface area contributed by atoms with E-state index in [1.165, 1.54) is 0 Å². The highest BCUT2D eigenvalue weighted by molar-refractivity contribution is 6.74. The number of hydrogen-bond acceptors (Lipinski definition) is 3. The molecule has 0 N–H and O–H groups in total. The van der Waals surface area contributed by atoms with Crippen molar-refractivity contribution in [2.75, 3.05) is 6.61 Å². The SMILES string of the molecule is CC(C)(C)[Si](C)(C)OC[C@@H]1C[C@@H](N=[N+]=[N-])C[C@@H]1O[Si](C)(C)C(C)(C)C. The van der Waals surface area contributed by atoms with E-state index in [-0.39, 0.29) is 22.2 Å². The van der Waals surface area contributed by atoms with E-state index in [1.807, 2.05) is 0 Å². The summed E-state index contributed by atoms with van der Waals surface area (Å²) in [5.74, 6) is 0.318. The molecule has 3 atom stereocenters. The third kappa shape index (κ3) is 5.83. The Balaban J connectivity index is 2.88. The van der Waals surface area contributed by atoms with Crippen molar-refractivity contribution in [2.24, 2.45) is 11.0 Å². The van der Waals surface area contributed by atoms with Crippen LogP contribution in [0, 0.1) is 5.92 Å². The fraction of sp³-hybridized carbons (Fsp3) is 1.00. The summed E-state index contributed by atoms with van der Waals surface area (Å²) in [7, 11) is -3.64. The van der Waals surface area contributed by atoms with Crippen LogP contribution in [0.2, 0.25) is 36.3 Å². The molecule has 5 nitrogen and oxygen atoms in total. The first-order valence-electron chi connectivity index (χ1n) is 9.47. The molecule has 1 saturated carbocycles. The van der Waals surface area contributed by atoms with Crippen molar-refractivity contribution in [2.45, 2.75) is 103 Å². The Labute approximate surface area is 156 Å². The molecule has 25 heavy (non-hydrogen) atoms. The summed E-state index contributed by atoms with van der Waals surface area (Å²) in [6.45, 7) is 23.5. The van der Waals surface area contributed by atoms with E-state index in [9.17, 15) is 0 Å². The predicted molar refractivity (Wildman–Crippen MR) is 111 cm³/mol. The van der Waals surface area contributed by atoms with E-state index in [1.54, 1.807) is 0 Å². The lowest BCUT2D eigenvalue weighted by Crippen LogP contribution is -2.46. The molecule has 1 fully saturated rings. The van der Waals surface area contributed by atoms with Crippen molar-refractivity contribution >= 4 is 16.6 Å². The molecule has 0 radical (unpaired) electrons. The second-order valence-electron chi connectivity index (χ2n) is 10.6. The first-order valence-corrected chi connectivity index (χ1v) is 15.3. The fourth-order valence-electron chi connectivity index (χ4n) is 2.63. The zero-order valence-corrected chi connectivity index (χ0v) is 20.0. The van der Waals surface area contributed by atoms with Crippen LogP contribution in [0.5, 0.6) is 0 Å². The van der Waals surface area contributed by atoms with E-state index in [2.05, 4.69) is 77.8 Å². The normalized spacial score (nSPS) is 25.8. The summed E-state index contributed by atoms with van der Waals surface area (Å²) < 4.78 is 13.2. The molecule has 0 aromatic heterocycles. The zero-order chi connectivity index (χ0) is 19.7. The van der Waals surface area contributed by atoms with E-state index >= 15 is 0 Å². The van der Waals surface area contributed by atoms with Gasteiger partial charge in [-0.05, 0) is 54.6 Å². The Bertz CT molecular complexity index is 503. The van der Waals surface area contributed by atoms with Gasteiger partial charge < -0.3 is 8.85 Å². The van der Waals surface area contributed by atoms with Crippen molar-refractivity contribution in [3.63, 3.8) is 0 Å². The Kier molecular flexibility index (Phi) is 7.02. The number of azide groups is 1. The van der Waals surface area contributed by atoms with Crippen molar-refractivity contribution < 1.29 is 8.85 Å². The predicted octanol–water partition coefficient (Wildman–Crippen LogP) is 6.49. The van der Waals surface area contributed by atoms with Crippen LogP contribution < -0.4 is 0 Å². The molecule has 7 heteroatoms. The summed E-state index contributed by atoms with van der Waals surface area (Å²) in [4.78, 5) is 3.03. The summed E-state index contributed by atoms with van der Waals surface area (Å²) >= 11 is 0. The summed E-state index contributed by atoms with van der Waals surface area (Å²) in [5.41, 5.74) is 8.83. The lowest BCUT2D eigenvalue weighted by molar-refractivity contribution is 0.101. The Hall–Kier alpha value is -0.336. The van der Waals surface area contributed by atoms with Crippen LogP contribution in [0.4, 0.5) is 0 Å². The van der Waals surface area contributed by atoms with Crippen molar-refractivity contribution in [1.82, 2.24) is 0 Å². The van der Waals surface area contributed by atoms with Gasteiger partial charge in [0.1, 0.15) is 0 Å². The number of nitrogens with zero attached hydrogens (tertiary/aromatic N) is 3. The van der Waals surface area contributed by atoms with Gasteiger partial charge in [0.05, 0.1) is 6.10 Å². The molecular formula is C18H39N3O2Si2. The summed E-state index contributed by atoms with van der Waals surface area (Å²) in [6.07, 6.45) is 1.83. The quantitative estimate of drug-likeness (QED) is 0.227. The van der Waals surface area contributed by atoms with E-state index in [4.69, 9.17) is 14.4 Å². The minimum Gasteiger partial charge on any atom is -0.416 e. The van der Waals surface area contributed by atoms with E-state index < -0.39 is 16.6 Å². The van der Waals surface area contributed by atoms with Crippen LogP contribution in [-0.2, 0) is 8.85 Å². The largest absolute Gasteiger partial charge is 0.416 e. The molecule has 1 aliphatic carbocycles. The van der Waals surface area contributed by atoms with Gasteiger partial charge in [0, 0.05) is 23.5 Å². The topological polar surface area (TPSA) is 67.2 Å². The second-order valence-corrected chi connectivity index (χ2v) is 20.1. The fourth-order valence-corrected chi connectivity index (χ4v) is 5.10. The monoisotopic (exact) mass is 385 g/mol. The molecule has 0 spiro atoms. The maximum absolute atomic E-state index is 8.83. The van der Waals surface area contributed by atoms with Crippen LogP contribution in [0.1, 0.15) is 54.4 Å². The number of hydrogen-bond donors (Lipinski definition) is 0. The molecule has 0 amide bonds. The van der Waals surface area contributed by atoms with E-state index in [0.717, 1.165) is 12.8 Å². The van der Waals surface area contributed by atoms with Gasteiger partial charge in [-0.3, -0.25) is 0 Å². The standard InChI is InChI=1S/C18H39N3O2Si2/c1-17(2,3)24(7,8)22-13-14-11-15(20-21-19)12-16(14)23-25(9,10)18(4,5)6/h14-16H,11-13H2,1-10H3/t14-,15+,16-/m0/s1. The van der Waals surface area contributed by atoms with Crippen molar-refractivity contribution in [1.29, 1.82) is 0 Å². The highest BCUT2D eigenvalue weighted by atomic mass is 28.4. The highest BCUT2D eigenvalue weighted by Gasteiger charge is 2.45. The summed E-state index contributed by atoms with van der Waals surface area (Å²) in [5, 5.41) is 4.36. The minimum absolute atomic E-state index is 0.0350. The zero-order valence-electron chi connectivity index (χ0n) is 18.0.